The van der Waals surface area contributed by atoms with Gasteiger partial charge in [-0.2, -0.15) is 0 Å². The second-order valence-corrected chi connectivity index (χ2v) is 7.20. The van der Waals surface area contributed by atoms with E-state index in [1.807, 2.05) is 24.3 Å². The van der Waals surface area contributed by atoms with Crippen molar-refractivity contribution < 1.29 is 4.39 Å². The summed E-state index contributed by atoms with van der Waals surface area (Å²) < 4.78 is 14.2. The molecule has 0 aliphatic heterocycles. The molecular formula is C26H27F. The Bertz CT molecular complexity index is 876. The lowest BCUT2D eigenvalue weighted by Gasteiger charge is -2.12. The molecule has 3 aromatic carbocycles. The molecule has 0 aromatic heterocycles. The summed E-state index contributed by atoms with van der Waals surface area (Å²) in [5.41, 5.74) is 5.46. The Morgan fingerprint density at radius 2 is 1.56 bits per heavy atom. The molecule has 3 aromatic rings. The van der Waals surface area contributed by atoms with Crippen LogP contribution < -0.4 is 0 Å². The molecule has 0 saturated heterocycles. The normalized spacial score (nSPS) is 12.4. The first kappa shape index (κ1) is 19.1. The number of benzene rings is 3. The van der Waals surface area contributed by atoms with E-state index >= 15 is 0 Å². The minimum Gasteiger partial charge on any atom is -0.206 e. The van der Waals surface area contributed by atoms with Crippen LogP contribution in [0, 0.1) is 5.82 Å². The van der Waals surface area contributed by atoms with Gasteiger partial charge in [-0.15, -0.1) is 0 Å². The standard InChI is InChI=1S/C26H27F/c1-3-7-22-15-17-25(26(27)19-22)16-14-21-10-12-23(13-11-21)18-20(2)24-8-5-4-6-9-24/h4-6,8-17,19-20H,3,7,18H2,1-2H3/b16-14+. The Morgan fingerprint density at radius 3 is 2.22 bits per heavy atom. The molecule has 0 saturated carbocycles. The van der Waals surface area contributed by atoms with Crippen molar-refractivity contribution in [3.8, 4) is 0 Å². The molecule has 1 atom stereocenters. The monoisotopic (exact) mass is 358 g/mol. The van der Waals surface area contributed by atoms with Crippen LogP contribution in [0.1, 0.15) is 54.0 Å². The van der Waals surface area contributed by atoms with E-state index in [-0.39, 0.29) is 5.82 Å². The van der Waals surface area contributed by atoms with Gasteiger partial charge in [0.2, 0.25) is 0 Å². The van der Waals surface area contributed by atoms with E-state index in [9.17, 15) is 4.39 Å². The van der Waals surface area contributed by atoms with E-state index in [2.05, 4.69) is 68.4 Å². The van der Waals surface area contributed by atoms with Crippen LogP contribution in [0.15, 0.2) is 72.8 Å². The van der Waals surface area contributed by atoms with Crippen LogP contribution in [-0.2, 0) is 12.8 Å². The average molecular weight is 358 g/mol. The van der Waals surface area contributed by atoms with Gasteiger partial charge < -0.3 is 0 Å². The predicted octanol–water partition coefficient (Wildman–Crippen LogP) is 7.29. The summed E-state index contributed by atoms with van der Waals surface area (Å²) in [6.07, 6.45) is 6.80. The van der Waals surface area contributed by atoms with Gasteiger partial charge in [-0.1, -0.05) is 99.2 Å². The summed E-state index contributed by atoms with van der Waals surface area (Å²) >= 11 is 0. The van der Waals surface area contributed by atoms with Crippen LogP contribution in [0.2, 0.25) is 0 Å². The highest BCUT2D eigenvalue weighted by molar-refractivity contribution is 5.70. The van der Waals surface area contributed by atoms with Gasteiger partial charge in [-0.25, -0.2) is 4.39 Å². The SMILES string of the molecule is CCCc1ccc(/C=C/c2ccc(CC(C)c3ccccc3)cc2)c(F)c1. The van der Waals surface area contributed by atoms with E-state index in [0.29, 0.717) is 11.5 Å². The van der Waals surface area contributed by atoms with Crippen LogP contribution >= 0.6 is 0 Å². The third-order valence-electron chi connectivity index (χ3n) is 4.95. The second kappa shape index (κ2) is 9.32. The molecule has 27 heavy (non-hydrogen) atoms. The largest absolute Gasteiger partial charge is 0.206 e. The molecular weight excluding hydrogens is 331 g/mol. The zero-order valence-corrected chi connectivity index (χ0v) is 16.2. The van der Waals surface area contributed by atoms with E-state index < -0.39 is 0 Å². The van der Waals surface area contributed by atoms with Crippen molar-refractivity contribution in [2.75, 3.05) is 0 Å². The summed E-state index contributed by atoms with van der Waals surface area (Å²) in [6, 6.07) is 24.7. The lowest BCUT2D eigenvalue weighted by Crippen LogP contribution is -1.98. The molecule has 0 aliphatic carbocycles. The maximum absolute atomic E-state index is 14.2. The third kappa shape index (κ3) is 5.40. The fourth-order valence-electron chi connectivity index (χ4n) is 3.35. The van der Waals surface area contributed by atoms with Crippen LogP contribution in [0.4, 0.5) is 4.39 Å². The quantitative estimate of drug-likeness (QED) is 0.389. The molecule has 0 bridgehead atoms. The first-order chi connectivity index (χ1) is 13.2. The number of hydrogen-bond donors (Lipinski definition) is 0. The minimum absolute atomic E-state index is 0.148. The first-order valence-corrected chi connectivity index (χ1v) is 9.76. The number of halogens is 1. The minimum atomic E-state index is -0.148. The van der Waals surface area contributed by atoms with Crippen LogP contribution in [0.3, 0.4) is 0 Å². The summed E-state index contributed by atoms with van der Waals surface area (Å²) in [6.45, 7) is 4.37. The molecule has 0 fully saturated rings. The highest BCUT2D eigenvalue weighted by atomic mass is 19.1. The molecule has 1 unspecified atom stereocenters. The van der Waals surface area contributed by atoms with Crippen LogP contribution in [-0.4, -0.2) is 0 Å². The fourth-order valence-corrected chi connectivity index (χ4v) is 3.35. The third-order valence-corrected chi connectivity index (χ3v) is 4.95. The van der Waals surface area contributed by atoms with Gasteiger partial charge in [0.25, 0.3) is 0 Å². The molecule has 0 spiro atoms. The Hall–Kier alpha value is -2.67. The number of rotatable bonds is 7. The van der Waals surface area contributed by atoms with Crippen molar-refractivity contribution in [1.82, 2.24) is 0 Å². The molecule has 138 valence electrons. The second-order valence-electron chi connectivity index (χ2n) is 7.20. The van der Waals surface area contributed by atoms with Crippen molar-refractivity contribution in [2.24, 2.45) is 0 Å². The molecule has 0 radical (unpaired) electrons. The van der Waals surface area contributed by atoms with Crippen LogP contribution in [0.5, 0.6) is 0 Å². The highest BCUT2D eigenvalue weighted by Crippen LogP contribution is 2.21. The molecule has 0 heterocycles. The van der Waals surface area contributed by atoms with Crippen molar-refractivity contribution >= 4 is 12.2 Å². The first-order valence-electron chi connectivity index (χ1n) is 9.76. The maximum Gasteiger partial charge on any atom is 0.130 e. The van der Waals surface area contributed by atoms with Crippen molar-refractivity contribution in [3.05, 3.63) is 106 Å². The number of aryl methyl sites for hydroxylation is 1. The van der Waals surface area contributed by atoms with Gasteiger partial charge in [-0.05, 0) is 47.1 Å². The Kier molecular flexibility index (Phi) is 6.59. The Balaban J connectivity index is 1.64. The van der Waals surface area contributed by atoms with E-state index in [1.165, 1.54) is 11.1 Å². The van der Waals surface area contributed by atoms with E-state index in [0.717, 1.165) is 30.4 Å². The zero-order chi connectivity index (χ0) is 19.1. The average Bonchev–Trinajstić information content (AvgIpc) is 2.69. The summed E-state index contributed by atoms with van der Waals surface area (Å²) in [4.78, 5) is 0. The van der Waals surface area contributed by atoms with E-state index in [1.54, 1.807) is 6.07 Å². The lowest BCUT2D eigenvalue weighted by molar-refractivity contribution is 0.622. The highest BCUT2D eigenvalue weighted by Gasteiger charge is 2.06. The smallest absolute Gasteiger partial charge is 0.130 e. The van der Waals surface area contributed by atoms with Crippen molar-refractivity contribution in [3.63, 3.8) is 0 Å². The zero-order valence-electron chi connectivity index (χ0n) is 16.2. The van der Waals surface area contributed by atoms with Crippen molar-refractivity contribution in [2.45, 2.75) is 39.0 Å². The Morgan fingerprint density at radius 1 is 0.852 bits per heavy atom. The topological polar surface area (TPSA) is 0 Å². The maximum atomic E-state index is 14.2. The van der Waals surface area contributed by atoms with Gasteiger partial charge in [0, 0.05) is 5.56 Å². The van der Waals surface area contributed by atoms with Gasteiger partial charge in [0.05, 0.1) is 0 Å². The summed E-state index contributed by atoms with van der Waals surface area (Å²) in [7, 11) is 0. The lowest BCUT2D eigenvalue weighted by atomic mass is 9.93. The molecule has 0 amide bonds. The fraction of sp³-hybridized carbons (Fsp3) is 0.231. The van der Waals surface area contributed by atoms with Crippen molar-refractivity contribution in [1.29, 1.82) is 0 Å². The molecule has 3 rings (SSSR count). The molecule has 0 nitrogen and oxygen atoms in total. The molecule has 0 N–H and O–H groups in total. The molecule has 0 aliphatic rings. The van der Waals surface area contributed by atoms with Gasteiger partial charge >= 0.3 is 0 Å². The predicted molar refractivity (Wildman–Crippen MR) is 114 cm³/mol. The number of hydrogen-bond acceptors (Lipinski definition) is 0. The van der Waals surface area contributed by atoms with Crippen LogP contribution in [0.25, 0.3) is 12.2 Å². The van der Waals surface area contributed by atoms with E-state index in [4.69, 9.17) is 0 Å². The van der Waals surface area contributed by atoms with Gasteiger partial charge in [-0.3, -0.25) is 0 Å². The summed E-state index contributed by atoms with van der Waals surface area (Å²) in [5.74, 6) is 0.342. The molecule has 1 heteroatoms. The van der Waals surface area contributed by atoms with Gasteiger partial charge in [0.1, 0.15) is 5.82 Å². The Labute approximate surface area is 162 Å². The van der Waals surface area contributed by atoms with Gasteiger partial charge in [0.15, 0.2) is 0 Å². The summed E-state index contributed by atoms with van der Waals surface area (Å²) in [5, 5.41) is 0.